The molecule has 2 nitrogen and oxygen atoms in total. The second-order valence-corrected chi connectivity index (χ2v) is 5.25. The summed E-state index contributed by atoms with van der Waals surface area (Å²) in [4.78, 5) is 0. The van der Waals surface area contributed by atoms with Crippen LogP contribution in [0.1, 0.15) is 46.5 Å². The molecule has 1 rings (SSSR count). The van der Waals surface area contributed by atoms with Gasteiger partial charge in [-0.15, -0.1) is 0 Å². The highest BCUT2D eigenvalue weighted by atomic mass is 16.3. The van der Waals surface area contributed by atoms with Gasteiger partial charge >= 0.3 is 0 Å². The third-order valence-corrected chi connectivity index (χ3v) is 3.58. The number of hydrogen-bond donors (Lipinski definition) is 2. The summed E-state index contributed by atoms with van der Waals surface area (Å²) >= 11 is 0. The van der Waals surface area contributed by atoms with Crippen molar-refractivity contribution < 1.29 is 10.2 Å². The van der Waals surface area contributed by atoms with Crippen LogP contribution in [0.4, 0.5) is 0 Å². The van der Waals surface area contributed by atoms with Crippen molar-refractivity contribution in [1.82, 2.24) is 0 Å². The van der Waals surface area contributed by atoms with E-state index in [1.165, 1.54) is 12.8 Å². The highest BCUT2D eigenvalue weighted by Gasteiger charge is 2.30. The molecule has 0 radical (unpaired) electrons. The maximum Gasteiger partial charge on any atom is 0.0829 e. The van der Waals surface area contributed by atoms with Gasteiger partial charge in [0.25, 0.3) is 0 Å². The Hall–Kier alpha value is -0.0800. The summed E-state index contributed by atoms with van der Waals surface area (Å²) in [5.74, 6) is 1.28. The molecule has 14 heavy (non-hydrogen) atoms. The standard InChI is InChI=1S/C12H24O2/c1-8(2)11(13)12(14)10-6-4-9(3)5-7-10/h8-14H,4-7H2,1-3H3. The van der Waals surface area contributed by atoms with Crippen LogP contribution < -0.4 is 0 Å². The fourth-order valence-electron chi connectivity index (χ4n) is 2.30. The Balaban J connectivity index is 2.41. The molecule has 0 heterocycles. The summed E-state index contributed by atoms with van der Waals surface area (Å²) in [6.07, 6.45) is 3.49. The zero-order valence-corrected chi connectivity index (χ0v) is 9.61. The molecule has 0 aliphatic heterocycles. The van der Waals surface area contributed by atoms with Gasteiger partial charge in [0.15, 0.2) is 0 Å². The lowest BCUT2D eigenvalue weighted by Gasteiger charge is -2.33. The fraction of sp³-hybridized carbons (Fsp3) is 1.00. The van der Waals surface area contributed by atoms with Crippen LogP contribution in [0, 0.1) is 17.8 Å². The third-order valence-electron chi connectivity index (χ3n) is 3.58. The summed E-state index contributed by atoms with van der Waals surface area (Å²) in [5.41, 5.74) is 0. The van der Waals surface area contributed by atoms with Crippen LogP contribution >= 0.6 is 0 Å². The molecule has 0 saturated heterocycles. The fourth-order valence-corrected chi connectivity index (χ4v) is 2.30. The molecule has 0 aromatic carbocycles. The average molecular weight is 200 g/mol. The Kier molecular flexibility index (Phi) is 4.39. The first kappa shape index (κ1) is 12.0. The van der Waals surface area contributed by atoms with Crippen LogP contribution in [0.2, 0.25) is 0 Å². The minimum Gasteiger partial charge on any atom is -0.390 e. The quantitative estimate of drug-likeness (QED) is 0.733. The summed E-state index contributed by atoms with van der Waals surface area (Å²) in [6, 6.07) is 0. The SMILES string of the molecule is CC1CCC(C(O)C(O)C(C)C)CC1. The highest BCUT2D eigenvalue weighted by molar-refractivity contribution is 4.81. The molecule has 0 aromatic rings. The van der Waals surface area contributed by atoms with E-state index >= 15 is 0 Å². The molecule has 1 fully saturated rings. The third kappa shape index (κ3) is 2.96. The van der Waals surface area contributed by atoms with E-state index in [1.807, 2.05) is 13.8 Å². The molecular formula is C12H24O2. The number of aliphatic hydroxyl groups is 2. The van der Waals surface area contributed by atoms with Gasteiger partial charge in [0.1, 0.15) is 0 Å². The van der Waals surface area contributed by atoms with Gasteiger partial charge in [-0.25, -0.2) is 0 Å². The first-order valence-corrected chi connectivity index (χ1v) is 5.88. The number of hydrogen-bond acceptors (Lipinski definition) is 2. The molecule has 2 atom stereocenters. The van der Waals surface area contributed by atoms with Crippen molar-refractivity contribution in [2.24, 2.45) is 17.8 Å². The van der Waals surface area contributed by atoms with E-state index in [0.29, 0.717) is 5.92 Å². The van der Waals surface area contributed by atoms with Crippen molar-refractivity contribution in [1.29, 1.82) is 0 Å². The van der Waals surface area contributed by atoms with Gasteiger partial charge in [-0.05, 0) is 30.6 Å². The highest BCUT2D eigenvalue weighted by Crippen LogP contribution is 2.32. The molecule has 1 saturated carbocycles. The topological polar surface area (TPSA) is 40.5 Å². The largest absolute Gasteiger partial charge is 0.390 e. The molecule has 1 aliphatic carbocycles. The van der Waals surface area contributed by atoms with Crippen molar-refractivity contribution in [3.63, 3.8) is 0 Å². The summed E-state index contributed by atoms with van der Waals surface area (Å²) in [6.45, 7) is 6.18. The average Bonchev–Trinajstić information content (AvgIpc) is 2.16. The van der Waals surface area contributed by atoms with E-state index in [2.05, 4.69) is 6.92 Å². The van der Waals surface area contributed by atoms with Crippen molar-refractivity contribution >= 4 is 0 Å². The summed E-state index contributed by atoms with van der Waals surface area (Å²) in [5, 5.41) is 19.7. The van der Waals surface area contributed by atoms with Crippen molar-refractivity contribution in [3.05, 3.63) is 0 Å². The molecule has 2 heteroatoms. The first-order valence-electron chi connectivity index (χ1n) is 5.88. The van der Waals surface area contributed by atoms with Gasteiger partial charge in [-0.1, -0.05) is 33.6 Å². The van der Waals surface area contributed by atoms with Gasteiger partial charge < -0.3 is 10.2 Å². The predicted octanol–water partition coefficient (Wildman–Crippen LogP) is 2.19. The second kappa shape index (κ2) is 5.13. The molecular weight excluding hydrogens is 176 g/mol. The minimum absolute atomic E-state index is 0.157. The van der Waals surface area contributed by atoms with Gasteiger partial charge in [0.05, 0.1) is 12.2 Å². The van der Waals surface area contributed by atoms with Crippen molar-refractivity contribution in [3.8, 4) is 0 Å². The van der Waals surface area contributed by atoms with E-state index in [4.69, 9.17) is 0 Å². The van der Waals surface area contributed by atoms with Gasteiger partial charge in [0.2, 0.25) is 0 Å². The second-order valence-electron chi connectivity index (χ2n) is 5.25. The van der Waals surface area contributed by atoms with E-state index in [1.54, 1.807) is 0 Å². The molecule has 0 spiro atoms. The van der Waals surface area contributed by atoms with E-state index in [9.17, 15) is 10.2 Å². The number of aliphatic hydroxyl groups excluding tert-OH is 2. The van der Waals surface area contributed by atoms with Crippen LogP contribution in [0.15, 0.2) is 0 Å². The molecule has 84 valence electrons. The van der Waals surface area contributed by atoms with Crippen molar-refractivity contribution in [2.45, 2.75) is 58.7 Å². The minimum atomic E-state index is -0.548. The summed E-state index contributed by atoms with van der Waals surface area (Å²) < 4.78 is 0. The first-order chi connectivity index (χ1) is 6.52. The van der Waals surface area contributed by atoms with Gasteiger partial charge in [0, 0.05) is 0 Å². The van der Waals surface area contributed by atoms with Crippen molar-refractivity contribution in [2.75, 3.05) is 0 Å². The number of rotatable bonds is 3. The lowest BCUT2D eigenvalue weighted by atomic mass is 9.77. The molecule has 2 unspecified atom stereocenters. The Morgan fingerprint density at radius 1 is 1.00 bits per heavy atom. The molecule has 0 aromatic heterocycles. The normalized spacial score (nSPS) is 33.0. The van der Waals surface area contributed by atoms with Gasteiger partial charge in [-0.3, -0.25) is 0 Å². The maximum atomic E-state index is 9.95. The van der Waals surface area contributed by atoms with Crippen LogP contribution in [-0.4, -0.2) is 22.4 Å². The van der Waals surface area contributed by atoms with Crippen LogP contribution in [-0.2, 0) is 0 Å². The lowest BCUT2D eigenvalue weighted by molar-refractivity contribution is -0.0508. The van der Waals surface area contributed by atoms with E-state index in [-0.39, 0.29) is 5.92 Å². The molecule has 0 amide bonds. The van der Waals surface area contributed by atoms with E-state index in [0.717, 1.165) is 18.8 Å². The Labute approximate surface area is 87.3 Å². The van der Waals surface area contributed by atoms with Gasteiger partial charge in [-0.2, -0.15) is 0 Å². The van der Waals surface area contributed by atoms with E-state index < -0.39 is 12.2 Å². The smallest absolute Gasteiger partial charge is 0.0829 e. The van der Waals surface area contributed by atoms with Crippen LogP contribution in [0.5, 0.6) is 0 Å². The van der Waals surface area contributed by atoms with Crippen LogP contribution in [0.25, 0.3) is 0 Å². The maximum absolute atomic E-state index is 9.95. The molecule has 1 aliphatic rings. The lowest BCUT2D eigenvalue weighted by Crippen LogP contribution is -2.38. The Morgan fingerprint density at radius 2 is 1.50 bits per heavy atom. The molecule has 2 N–H and O–H groups in total. The zero-order chi connectivity index (χ0) is 10.7. The Morgan fingerprint density at radius 3 is 1.93 bits per heavy atom. The molecule has 0 bridgehead atoms. The van der Waals surface area contributed by atoms with Crippen LogP contribution in [0.3, 0.4) is 0 Å². The predicted molar refractivity (Wildman–Crippen MR) is 58.0 cm³/mol. The Bertz CT molecular complexity index is 160. The zero-order valence-electron chi connectivity index (χ0n) is 9.61. The monoisotopic (exact) mass is 200 g/mol. The summed E-state index contributed by atoms with van der Waals surface area (Å²) in [7, 11) is 0.